The Morgan fingerprint density at radius 1 is 1.06 bits per heavy atom. The molecular weight excluding hydrogens is 463 g/mol. The average molecular weight is 485 g/mol. The van der Waals surface area contributed by atoms with E-state index in [2.05, 4.69) is 5.32 Å². The second-order valence-corrected chi connectivity index (χ2v) is 9.39. The van der Waals surface area contributed by atoms with Gasteiger partial charge in [-0.25, -0.2) is 13.9 Å². The number of Topliss-reactive ketones (excluding diaryl/α,β-unsaturated/α-hetero) is 1. The topological polar surface area (TPSA) is 116 Å². The Labute approximate surface area is 188 Å². The maximum Gasteiger partial charge on any atom is 0.416 e. The average Bonchev–Trinajstić information content (AvgIpc) is 2.82. The van der Waals surface area contributed by atoms with Crippen LogP contribution in [0.2, 0.25) is 0 Å². The molecule has 1 aliphatic rings. The highest BCUT2D eigenvalue weighted by Gasteiger charge is 2.36. The van der Waals surface area contributed by atoms with Gasteiger partial charge in [-0.15, -0.1) is 0 Å². The van der Waals surface area contributed by atoms with E-state index in [0.717, 1.165) is 28.6 Å². The molecule has 0 unspecified atom stereocenters. The lowest BCUT2D eigenvalue weighted by Gasteiger charge is -2.31. The molecule has 1 heterocycles. The molecule has 0 atom stereocenters. The van der Waals surface area contributed by atoms with E-state index in [-0.39, 0.29) is 53.4 Å². The van der Waals surface area contributed by atoms with Gasteiger partial charge in [0.15, 0.2) is 5.78 Å². The van der Waals surface area contributed by atoms with Crippen LogP contribution in [-0.2, 0) is 16.2 Å². The van der Waals surface area contributed by atoms with E-state index in [1.54, 1.807) is 0 Å². The molecule has 1 amide bonds. The van der Waals surface area contributed by atoms with E-state index in [1.165, 1.54) is 30.7 Å². The van der Waals surface area contributed by atoms with Gasteiger partial charge in [0.25, 0.3) is 5.91 Å². The summed E-state index contributed by atoms with van der Waals surface area (Å²) < 4.78 is 65.8. The fraction of sp³-hybridized carbons (Fsp3) is 0.333. The number of ketones is 1. The molecule has 1 fully saturated rings. The van der Waals surface area contributed by atoms with Gasteiger partial charge in [0.1, 0.15) is 0 Å². The molecular formula is C21H22F3N3O5S. The number of carbonyl (C=O) groups is 2. The minimum Gasteiger partial charge on any atom is -0.387 e. The van der Waals surface area contributed by atoms with Crippen molar-refractivity contribution < 1.29 is 36.4 Å². The molecule has 8 nitrogen and oxygen atoms in total. The number of sulfonamides is 1. The number of amides is 1. The summed E-state index contributed by atoms with van der Waals surface area (Å²) in [6, 6.07) is 8.12. The van der Waals surface area contributed by atoms with Crippen LogP contribution in [-0.4, -0.2) is 49.8 Å². The fourth-order valence-corrected chi connectivity index (χ4v) is 5.48. The first-order valence-corrected chi connectivity index (χ1v) is 11.4. The quantitative estimate of drug-likeness (QED) is 0.329. The van der Waals surface area contributed by atoms with Gasteiger partial charge in [0.05, 0.1) is 16.0 Å². The molecule has 0 aliphatic carbocycles. The number of anilines is 1. The third kappa shape index (κ3) is 5.02. The van der Waals surface area contributed by atoms with Gasteiger partial charge in [-0.2, -0.15) is 17.5 Å². The van der Waals surface area contributed by atoms with Crippen LogP contribution in [0, 0.1) is 5.92 Å². The highest BCUT2D eigenvalue weighted by molar-refractivity contribution is 7.89. The van der Waals surface area contributed by atoms with Gasteiger partial charge in [-0.05, 0) is 37.1 Å². The number of hydrogen-bond donors (Lipinski definition) is 3. The number of benzene rings is 2. The first-order valence-electron chi connectivity index (χ1n) is 9.97. The summed E-state index contributed by atoms with van der Waals surface area (Å²) in [5, 5.41) is 11.7. The van der Waals surface area contributed by atoms with E-state index in [0.29, 0.717) is 0 Å². The van der Waals surface area contributed by atoms with Gasteiger partial charge < -0.3 is 5.32 Å². The summed E-state index contributed by atoms with van der Waals surface area (Å²) in [5.74, 6) is -1.89. The Morgan fingerprint density at radius 3 is 2.18 bits per heavy atom. The van der Waals surface area contributed by atoms with Gasteiger partial charge in [-0.3, -0.25) is 14.8 Å². The second-order valence-electron chi connectivity index (χ2n) is 7.49. The van der Waals surface area contributed by atoms with Crippen molar-refractivity contribution in [1.29, 1.82) is 0 Å². The smallest absolute Gasteiger partial charge is 0.387 e. The van der Waals surface area contributed by atoms with Crippen LogP contribution in [0.25, 0.3) is 0 Å². The maximum atomic E-state index is 13.2. The third-order valence-corrected chi connectivity index (χ3v) is 7.50. The number of piperidine rings is 1. The summed E-state index contributed by atoms with van der Waals surface area (Å²) in [6.45, 7) is -0.0212. The lowest BCUT2D eigenvalue weighted by atomic mass is 9.89. The van der Waals surface area contributed by atoms with Crippen molar-refractivity contribution in [3.63, 3.8) is 0 Å². The van der Waals surface area contributed by atoms with E-state index in [4.69, 9.17) is 5.21 Å². The number of nitrogens with one attached hydrogen (secondary N) is 2. The number of alkyl halides is 3. The zero-order chi connectivity index (χ0) is 24.4. The van der Waals surface area contributed by atoms with Crippen LogP contribution in [0.1, 0.15) is 39.1 Å². The predicted molar refractivity (Wildman–Crippen MR) is 112 cm³/mol. The van der Waals surface area contributed by atoms with Crippen LogP contribution in [0.5, 0.6) is 0 Å². The number of carbonyl (C=O) groups excluding carboxylic acids is 2. The lowest BCUT2D eigenvalue weighted by Crippen LogP contribution is -2.41. The zero-order valence-corrected chi connectivity index (χ0v) is 18.3. The molecule has 178 valence electrons. The van der Waals surface area contributed by atoms with Crippen molar-refractivity contribution in [2.24, 2.45) is 5.92 Å². The van der Waals surface area contributed by atoms with Crippen LogP contribution in [0.3, 0.4) is 0 Å². The van der Waals surface area contributed by atoms with Crippen LogP contribution >= 0.6 is 0 Å². The van der Waals surface area contributed by atoms with Crippen LogP contribution < -0.4 is 10.8 Å². The molecule has 0 saturated carbocycles. The molecule has 0 bridgehead atoms. The maximum absolute atomic E-state index is 13.2. The van der Waals surface area contributed by atoms with Crippen molar-refractivity contribution in [3.8, 4) is 0 Å². The van der Waals surface area contributed by atoms with Crippen molar-refractivity contribution in [1.82, 2.24) is 9.79 Å². The first-order chi connectivity index (χ1) is 15.5. The third-order valence-electron chi connectivity index (χ3n) is 5.56. The molecule has 1 saturated heterocycles. The number of rotatable bonds is 6. The summed E-state index contributed by atoms with van der Waals surface area (Å²) in [7, 11) is -2.63. The van der Waals surface area contributed by atoms with Crippen molar-refractivity contribution in [3.05, 3.63) is 59.2 Å². The fourth-order valence-electron chi connectivity index (χ4n) is 3.80. The van der Waals surface area contributed by atoms with Crippen molar-refractivity contribution in [2.75, 3.05) is 25.5 Å². The molecule has 0 radical (unpaired) electrons. The van der Waals surface area contributed by atoms with Gasteiger partial charge in [0, 0.05) is 37.3 Å². The number of nitrogens with zero attached hydrogens (tertiary/aromatic N) is 1. The summed E-state index contributed by atoms with van der Waals surface area (Å²) in [5.41, 5.74) is 0.684. The van der Waals surface area contributed by atoms with E-state index >= 15 is 0 Å². The minimum atomic E-state index is -4.50. The standard InChI is InChI=1S/C21H22F3N3O5S/c1-25-16-3-2-4-17(18(16)20(29)26-30)33(31,32)27-11-9-14(10-12-27)19(28)13-5-7-15(8-6-13)21(22,23)24/h2-8,14,25,30H,9-12H2,1H3,(H,26,29). The normalized spacial score (nSPS) is 15.8. The van der Waals surface area contributed by atoms with E-state index < -0.39 is 33.6 Å². The largest absolute Gasteiger partial charge is 0.416 e. The summed E-state index contributed by atoms with van der Waals surface area (Å²) >= 11 is 0. The van der Waals surface area contributed by atoms with Crippen molar-refractivity contribution in [2.45, 2.75) is 23.9 Å². The van der Waals surface area contributed by atoms with E-state index in [1.807, 2.05) is 0 Å². The van der Waals surface area contributed by atoms with E-state index in [9.17, 15) is 31.2 Å². The van der Waals surface area contributed by atoms with Gasteiger partial charge in [-0.1, -0.05) is 18.2 Å². The molecule has 12 heteroatoms. The molecule has 3 rings (SSSR count). The van der Waals surface area contributed by atoms with Gasteiger partial charge in [0.2, 0.25) is 10.0 Å². The number of hydroxylamine groups is 1. The molecule has 0 aromatic heterocycles. The Balaban J connectivity index is 1.77. The summed E-state index contributed by atoms with van der Waals surface area (Å²) in [4.78, 5) is 24.5. The number of halogens is 3. The lowest BCUT2D eigenvalue weighted by molar-refractivity contribution is -0.137. The summed E-state index contributed by atoms with van der Waals surface area (Å²) in [6.07, 6.45) is -4.16. The minimum absolute atomic E-state index is 0.0106. The Morgan fingerprint density at radius 2 is 1.67 bits per heavy atom. The Bertz CT molecular complexity index is 1140. The molecule has 33 heavy (non-hydrogen) atoms. The Kier molecular flexibility index (Phi) is 7.10. The predicted octanol–water partition coefficient (Wildman–Crippen LogP) is 3.15. The highest BCUT2D eigenvalue weighted by Crippen LogP contribution is 2.32. The SMILES string of the molecule is CNc1cccc(S(=O)(=O)N2CCC(C(=O)c3ccc(C(F)(F)F)cc3)CC2)c1C(=O)NO. The second kappa shape index (κ2) is 9.49. The zero-order valence-electron chi connectivity index (χ0n) is 17.5. The monoisotopic (exact) mass is 485 g/mol. The van der Waals surface area contributed by atoms with Crippen LogP contribution in [0.15, 0.2) is 47.4 Å². The van der Waals surface area contributed by atoms with Gasteiger partial charge >= 0.3 is 6.18 Å². The molecule has 2 aromatic rings. The Hall–Kier alpha value is -2.96. The number of hydrogen-bond acceptors (Lipinski definition) is 6. The molecule has 3 N–H and O–H groups in total. The molecule has 2 aromatic carbocycles. The highest BCUT2D eigenvalue weighted by atomic mass is 32.2. The van der Waals surface area contributed by atoms with Crippen LogP contribution in [0.4, 0.5) is 18.9 Å². The first kappa shape index (κ1) is 24.7. The molecule has 1 aliphatic heterocycles. The van der Waals surface area contributed by atoms with Crippen molar-refractivity contribution >= 4 is 27.4 Å². The molecule has 0 spiro atoms.